The molecule has 0 bridgehead atoms. The van der Waals surface area contributed by atoms with E-state index in [0.717, 1.165) is 0 Å². The second kappa shape index (κ2) is 9.59. The van der Waals surface area contributed by atoms with Crippen LogP contribution in [0.2, 0.25) is 0 Å². The van der Waals surface area contributed by atoms with Gasteiger partial charge in [0.2, 0.25) is 0 Å². The van der Waals surface area contributed by atoms with Crippen LogP contribution in [0, 0.1) is 0 Å². The standard InChI is InChI=1S/CH4.Na.HO2S2/c;;1-4(2)3/h1H4;;(H,1,2,3)/q;;-1. The Bertz CT molecular complexity index is 59.9. The van der Waals surface area contributed by atoms with Gasteiger partial charge in [-0.1, -0.05) is 17.1 Å². The molecule has 0 rings (SSSR count). The van der Waals surface area contributed by atoms with Gasteiger partial charge in [-0.15, -0.1) is 0 Å². The zero-order valence-electron chi connectivity index (χ0n) is 2.67. The first-order chi connectivity index (χ1) is 1.73. The van der Waals surface area contributed by atoms with Gasteiger partial charge in [-0.2, -0.15) is 0 Å². The molecule has 0 aromatic rings. The van der Waals surface area contributed by atoms with Crippen LogP contribution in [0.4, 0.5) is 0 Å². The minimum Gasteiger partial charge on any atom is -0.459 e. The van der Waals surface area contributed by atoms with E-state index in [0.29, 0.717) is 0 Å². The van der Waals surface area contributed by atoms with Gasteiger partial charge in [-0.3, -0.25) is 0 Å². The Morgan fingerprint density at radius 2 is 1.67 bits per heavy atom. The average Bonchev–Trinajstić information content (AvgIpc) is 0.811. The van der Waals surface area contributed by atoms with Crippen molar-refractivity contribution in [2.75, 3.05) is 0 Å². The Hall–Kier alpha value is 1.33. The van der Waals surface area contributed by atoms with E-state index in [-0.39, 0.29) is 37.0 Å². The van der Waals surface area contributed by atoms with Crippen molar-refractivity contribution < 1.29 is 8.76 Å². The summed E-state index contributed by atoms with van der Waals surface area (Å²) in [6.45, 7) is 0. The molecule has 6 heavy (non-hydrogen) atoms. The molecule has 35 valence electrons. The molecule has 0 spiro atoms. The summed E-state index contributed by atoms with van der Waals surface area (Å²) in [6, 6.07) is 0. The van der Waals surface area contributed by atoms with Crippen molar-refractivity contribution in [2.45, 2.75) is 7.43 Å². The second-order valence-corrected chi connectivity index (χ2v) is 1.51. The van der Waals surface area contributed by atoms with Crippen LogP contribution >= 0.6 is 0 Å². The van der Waals surface area contributed by atoms with Crippen molar-refractivity contribution in [3.63, 3.8) is 0 Å². The molecule has 0 aromatic carbocycles. The molecule has 2 nitrogen and oxygen atoms in total. The molecule has 0 aliphatic heterocycles. The summed E-state index contributed by atoms with van der Waals surface area (Å²) in [5, 5.41) is 0. The van der Waals surface area contributed by atoms with Gasteiger partial charge in [-0.05, 0) is 0 Å². The summed E-state index contributed by atoms with van der Waals surface area (Å²) in [6.07, 6.45) is 0. The van der Waals surface area contributed by atoms with E-state index in [2.05, 4.69) is 11.2 Å². The average molecular weight is 136 g/mol. The summed E-state index contributed by atoms with van der Waals surface area (Å²) in [5.74, 6) is 0. The molecule has 0 fully saturated rings. The zero-order chi connectivity index (χ0) is 3.58. The maximum atomic E-state index is 8.93. The molecule has 1 N–H and O–H groups in total. The minimum absolute atomic E-state index is 0. The van der Waals surface area contributed by atoms with Crippen LogP contribution in [-0.2, 0) is 25.0 Å². The molecule has 0 unspecified atom stereocenters. The van der Waals surface area contributed by atoms with Crippen LogP contribution in [0.3, 0.4) is 0 Å². The molecule has 0 heterocycles. The van der Waals surface area contributed by atoms with Crippen molar-refractivity contribution in [3.8, 4) is 0 Å². The van der Waals surface area contributed by atoms with Gasteiger partial charge in [0.25, 0.3) is 0 Å². The molecule has 0 atom stereocenters. The van der Waals surface area contributed by atoms with Crippen molar-refractivity contribution in [3.05, 3.63) is 0 Å². The van der Waals surface area contributed by atoms with Crippen molar-refractivity contribution >= 4 is 50.4 Å². The fourth-order valence-corrected chi connectivity index (χ4v) is 0. The summed E-state index contributed by atoms with van der Waals surface area (Å²) in [4.78, 5) is 0. The third-order valence-electron chi connectivity index (χ3n) is 0. The second-order valence-electron chi connectivity index (χ2n) is 0.217. The Kier molecular flexibility index (Phi) is 25.0. The number of hydrogen-bond donors (Lipinski definition) is 1. The third kappa shape index (κ3) is 56.5. The molecule has 5 heteroatoms. The quantitative estimate of drug-likeness (QED) is 0.292. The van der Waals surface area contributed by atoms with Gasteiger partial charge in [0.05, 0.1) is 0 Å². The van der Waals surface area contributed by atoms with Crippen LogP contribution in [0.25, 0.3) is 0 Å². The molecule has 0 aromatic heterocycles. The van der Waals surface area contributed by atoms with Gasteiger partial charge >= 0.3 is 0 Å². The van der Waals surface area contributed by atoms with E-state index < -0.39 is 9.64 Å². The topological polar surface area (TPSA) is 37.3 Å². The first kappa shape index (κ1) is 15.7. The number of hydrogen-bond acceptors (Lipinski definition) is 3. The first-order valence-electron chi connectivity index (χ1n) is 0.516. The SMILES string of the molecule is C.O=[S-](O)=S.[Na]. The van der Waals surface area contributed by atoms with E-state index in [1.807, 2.05) is 0 Å². The molecule has 0 saturated heterocycles. The molecule has 0 aliphatic carbocycles. The maximum Gasteiger partial charge on any atom is 0 e. The molecular formula is CH5NaO2S2-. The summed E-state index contributed by atoms with van der Waals surface area (Å²) >= 11 is 3.65. The number of rotatable bonds is 0. The maximum absolute atomic E-state index is 8.93. The van der Waals surface area contributed by atoms with Crippen molar-refractivity contribution in [2.24, 2.45) is 0 Å². The Morgan fingerprint density at radius 3 is 1.67 bits per heavy atom. The zero-order valence-corrected chi connectivity index (χ0v) is 6.30. The Balaban J connectivity index is -0.0000000450. The van der Waals surface area contributed by atoms with Crippen molar-refractivity contribution in [1.29, 1.82) is 0 Å². The van der Waals surface area contributed by atoms with E-state index >= 15 is 0 Å². The fraction of sp³-hybridized carbons (Fsp3) is 1.00. The Labute approximate surface area is 66.1 Å². The molecule has 0 aliphatic rings. The van der Waals surface area contributed by atoms with Gasteiger partial charge in [0, 0.05) is 29.6 Å². The van der Waals surface area contributed by atoms with E-state index in [1.165, 1.54) is 0 Å². The van der Waals surface area contributed by atoms with E-state index in [4.69, 9.17) is 8.76 Å². The fourth-order valence-electron chi connectivity index (χ4n) is 0. The van der Waals surface area contributed by atoms with Crippen LogP contribution in [0.5, 0.6) is 0 Å². The largest absolute Gasteiger partial charge is 0.459 e. The smallest absolute Gasteiger partial charge is 0 e. The molecule has 0 amide bonds. The van der Waals surface area contributed by atoms with Gasteiger partial charge in [0.15, 0.2) is 0 Å². The molecule has 1 radical (unpaired) electrons. The monoisotopic (exact) mass is 136 g/mol. The predicted octanol–water partition coefficient (Wildman–Crippen LogP) is 0.140. The van der Waals surface area contributed by atoms with Crippen LogP contribution < -0.4 is 0 Å². The van der Waals surface area contributed by atoms with Crippen LogP contribution in [0.1, 0.15) is 7.43 Å². The predicted molar refractivity (Wildman–Crippen MR) is 30.5 cm³/mol. The van der Waals surface area contributed by atoms with Gasteiger partial charge in [-0.25, -0.2) is 11.2 Å². The van der Waals surface area contributed by atoms with E-state index in [1.54, 1.807) is 0 Å². The van der Waals surface area contributed by atoms with Crippen LogP contribution in [0.15, 0.2) is 0 Å². The van der Waals surface area contributed by atoms with Crippen molar-refractivity contribution in [1.82, 2.24) is 0 Å². The van der Waals surface area contributed by atoms with Gasteiger partial charge in [0.1, 0.15) is 0 Å². The first-order valence-corrected chi connectivity index (χ1v) is 2.55. The summed E-state index contributed by atoms with van der Waals surface area (Å²) in [5.41, 5.74) is 0. The normalized spacial score (nSPS) is 5.67. The molecule has 0 saturated carbocycles. The van der Waals surface area contributed by atoms with Crippen LogP contribution in [-0.4, -0.2) is 34.1 Å². The molecular weight excluding hydrogens is 131 g/mol. The van der Waals surface area contributed by atoms with E-state index in [9.17, 15) is 0 Å². The Morgan fingerprint density at radius 1 is 1.67 bits per heavy atom. The third-order valence-corrected chi connectivity index (χ3v) is 0. The summed E-state index contributed by atoms with van der Waals surface area (Å²) in [7, 11) is -2.03. The minimum atomic E-state index is -2.03. The summed E-state index contributed by atoms with van der Waals surface area (Å²) < 4.78 is 16.3. The van der Waals surface area contributed by atoms with Gasteiger partial charge < -0.3 is 8.76 Å².